The van der Waals surface area contributed by atoms with E-state index in [1.165, 1.54) is 0 Å². The van der Waals surface area contributed by atoms with Gasteiger partial charge in [-0.1, -0.05) is 17.7 Å². The Morgan fingerprint density at radius 1 is 1.26 bits per heavy atom. The monoisotopic (exact) mass is 260 g/mol. The second kappa shape index (κ2) is 4.89. The molecule has 3 N–H and O–H groups in total. The lowest BCUT2D eigenvalue weighted by atomic mass is 10.1. The topological polar surface area (TPSA) is 108 Å². The van der Waals surface area contributed by atoms with E-state index in [4.69, 9.17) is 0 Å². The van der Waals surface area contributed by atoms with Gasteiger partial charge in [0.1, 0.15) is 0 Å². The molecular weight excluding hydrogens is 248 g/mol. The molecule has 0 spiro atoms. The summed E-state index contributed by atoms with van der Waals surface area (Å²) in [5.41, 5.74) is 0.548. The van der Waals surface area contributed by atoms with Crippen LogP contribution in [0.3, 0.4) is 0 Å². The molecule has 7 nitrogen and oxygen atoms in total. The Kier molecular flexibility index (Phi) is 3.28. The summed E-state index contributed by atoms with van der Waals surface area (Å²) in [7, 11) is 0. The number of anilines is 1. The third-order valence-corrected chi connectivity index (χ3v) is 2.56. The van der Waals surface area contributed by atoms with Gasteiger partial charge in [-0.3, -0.25) is 14.6 Å². The van der Waals surface area contributed by atoms with Crippen molar-refractivity contribution in [3.63, 3.8) is 0 Å². The Hall–Kier alpha value is -2.70. The molecule has 0 aliphatic heterocycles. The number of H-pyrrole nitrogens is 2. The lowest BCUT2D eigenvalue weighted by Crippen LogP contribution is -2.32. The maximum Gasteiger partial charge on any atom is 0.342 e. The number of aromatic nitrogens is 3. The largest absolute Gasteiger partial charge is 0.342 e. The quantitative estimate of drug-likeness (QED) is 0.723. The third kappa shape index (κ3) is 2.76. The zero-order valence-electron chi connectivity index (χ0n) is 10.4. The predicted octanol–water partition coefficient (Wildman–Crippen LogP) is 0.327. The molecule has 98 valence electrons. The molecule has 1 aromatic carbocycles. The number of hydrogen-bond donors (Lipinski definition) is 3. The number of rotatable bonds is 2. The summed E-state index contributed by atoms with van der Waals surface area (Å²) in [4.78, 5) is 36.0. The van der Waals surface area contributed by atoms with E-state index in [9.17, 15) is 14.4 Å². The van der Waals surface area contributed by atoms with Crippen LogP contribution in [0, 0.1) is 13.8 Å². The first kappa shape index (κ1) is 12.7. The van der Waals surface area contributed by atoms with Gasteiger partial charge in [0, 0.05) is 5.69 Å². The predicted molar refractivity (Wildman–Crippen MR) is 69.3 cm³/mol. The number of amides is 1. The van der Waals surface area contributed by atoms with Gasteiger partial charge in [0.15, 0.2) is 0 Å². The summed E-state index contributed by atoms with van der Waals surface area (Å²) in [5, 5.41) is 8.01. The Morgan fingerprint density at radius 2 is 2.00 bits per heavy atom. The van der Waals surface area contributed by atoms with Gasteiger partial charge in [0.2, 0.25) is 5.69 Å². The second-order valence-electron chi connectivity index (χ2n) is 4.13. The van der Waals surface area contributed by atoms with Crippen molar-refractivity contribution in [3.05, 3.63) is 55.9 Å². The molecule has 1 aromatic heterocycles. The van der Waals surface area contributed by atoms with Crippen LogP contribution in [0.15, 0.2) is 27.8 Å². The molecule has 1 amide bonds. The van der Waals surface area contributed by atoms with Gasteiger partial charge in [-0.25, -0.2) is 9.89 Å². The van der Waals surface area contributed by atoms with E-state index >= 15 is 0 Å². The summed E-state index contributed by atoms with van der Waals surface area (Å²) in [6.45, 7) is 3.78. The van der Waals surface area contributed by atoms with Crippen LogP contribution < -0.4 is 16.6 Å². The fraction of sp³-hybridized carbons (Fsp3) is 0.167. The van der Waals surface area contributed by atoms with E-state index in [0.717, 1.165) is 11.1 Å². The number of aryl methyl sites for hydroxylation is 2. The van der Waals surface area contributed by atoms with Crippen molar-refractivity contribution in [3.8, 4) is 0 Å². The molecule has 0 radical (unpaired) electrons. The number of carbonyl (C=O) groups is 1. The van der Waals surface area contributed by atoms with Crippen molar-refractivity contribution in [2.45, 2.75) is 13.8 Å². The van der Waals surface area contributed by atoms with Crippen LogP contribution >= 0.6 is 0 Å². The summed E-state index contributed by atoms with van der Waals surface area (Å²) >= 11 is 0. The minimum atomic E-state index is -0.828. The highest BCUT2D eigenvalue weighted by Crippen LogP contribution is 2.16. The van der Waals surface area contributed by atoms with E-state index in [2.05, 4.69) is 10.4 Å². The maximum absolute atomic E-state index is 11.9. The van der Waals surface area contributed by atoms with Gasteiger partial charge >= 0.3 is 5.69 Å². The maximum atomic E-state index is 11.9. The highest BCUT2D eigenvalue weighted by atomic mass is 16.2. The van der Waals surface area contributed by atoms with Gasteiger partial charge in [-0.2, -0.15) is 5.10 Å². The lowest BCUT2D eigenvalue weighted by molar-refractivity contribution is 0.101. The van der Waals surface area contributed by atoms with Crippen LogP contribution in [-0.4, -0.2) is 21.1 Å². The highest BCUT2D eigenvalue weighted by Gasteiger charge is 2.14. The van der Waals surface area contributed by atoms with E-state index < -0.39 is 17.2 Å². The summed E-state index contributed by atoms with van der Waals surface area (Å²) < 4.78 is 0. The van der Waals surface area contributed by atoms with Gasteiger partial charge < -0.3 is 5.32 Å². The van der Waals surface area contributed by atoms with Crippen LogP contribution in [-0.2, 0) is 0 Å². The first-order valence-corrected chi connectivity index (χ1v) is 5.55. The molecule has 19 heavy (non-hydrogen) atoms. The molecule has 0 saturated heterocycles. The zero-order chi connectivity index (χ0) is 14.0. The van der Waals surface area contributed by atoms with Crippen LogP contribution in [0.25, 0.3) is 0 Å². The van der Waals surface area contributed by atoms with E-state index in [0.29, 0.717) is 5.69 Å². The first-order valence-electron chi connectivity index (χ1n) is 5.55. The molecule has 0 aliphatic rings. The summed E-state index contributed by atoms with van der Waals surface area (Å²) in [5.74, 6) is -0.676. The Morgan fingerprint density at radius 3 is 2.63 bits per heavy atom. The normalized spacial score (nSPS) is 10.2. The Labute approximate surface area is 107 Å². The highest BCUT2D eigenvalue weighted by molar-refractivity contribution is 6.02. The molecule has 0 bridgehead atoms. The smallest absolute Gasteiger partial charge is 0.320 e. The molecular formula is C12H12N4O3. The van der Waals surface area contributed by atoms with E-state index in [-0.39, 0.29) is 5.69 Å². The molecule has 1 heterocycles. The molecule has 2 aromatic rings. The van der Waals surface area contributed by atoms with Crippen molar-refractivity contribution in [1.82, 2.24) is 15.2 Å². The number of nitrogens with zero attached hydrogens (tertiary/aromatic N) is 1. The van der Waals surface area contributed by atoms with Crippen molar-refractivity contribution in [1.29, 1.82) is 0 Å². The van der Waals surface area contributed by atoms with Crippen LogP contribution in [0.2, 0.25) is 0 Å². The molecule has 0 aliphatic carbocycles. The number of carbonyl (C=O) groups excluding carboxylic acids is 1. The fourth-order valence-electron chi connectivity index (χ4n) is 1.64. The van der Waals surface area contributed by atoms with Crippen LogP contribution in [0.5, 0.6) is 0 Å². The van der Waals surface area contributed by atoms with E-state index in [1.54, 1.807) is 6.07 Å². The van der Waals surface area contributed by atoms with E-state index in [1.807, 2.05) is 36.1 Å². The minimum absolute atomic E-state index is 0.389. The Bertz CT molecular complexity index is 745. The fourth-order valence-corrected chi connectivity index (χ4v) is 1.64. The molecule has 7 heteroatoms. The molecule has 0 fully saturated rings. The summed E-state index contributed by atoms with van der Waals surface area (Å²) in [6.07, 6.45) is 0. The molecule has 2 rings (SSSR count). The molecule has 0 atom stereocenters. The first-order chi connectivity index (χ1) is 8.97. The SMILES string of the molecule is Cc1ccc(NC(=O)c2n[nH]c(=O)[nH]c2=O)c(C)c1. The lowest BCUT2D eigenvalue weighted by Gasteiger charge is -2.07. The number of nitrogens with one attached hydrogen (secondary N) is 3. The standard InChI is InChI=1S/C12H12N4O3/c1-6-3-4-8(7(2)5-6)13-10(17)9-11(18)14-12(19)16-15-9/h3-5H,1-2H3,(H,13,17)(H2,14,16,18,19). The van der Waals surface area contributed by atoms with Gasteiger partial charge in [0.25, 0.3) is 11.5 Å². The summed E-state index contributed by atoms with van der Waals surface area (Å²) in [6, 6.07) is 5.48. The molecule has 0 unspecified atom stereocenters. The van der Waals surface area contributed by atoms with Gasteiger partial charge in [-0.05, 0) is 25.5 Å². The van der Waals surface area contributed by atoms with Crippen molar-refractivity contribution in [2.75, 3.05) is 5.32 Å². The minimum Gasteiger partial charge on any atom is -0.320 e. The number of benzene rings is 1. The average Bonchev–Trinajstić information content (AvgIpc) is 2.32. The third-order valence-electron chi connectivity index (χ3n) is 2.56. The van der Waals surface area contributed by atoms with Gasteiger partial charge in [0.05, 0.1) is 0 Å². The second-order valence-corrected chi connectivity index (χ2v) is 4.13. The van der Waals surface area contributed by atoms with Crippen LogP contribution in [0.4, 0.5) is 5.69 Å². The van der Waals surface area contributed by atoms with Crippen LogP contribution in [0.1, 0.15) is 21.6 Å². The van der Waals surface area contributed by atoms with Gasteiger partial charge in [-0.15, -0.1) is 0 Å². The zero-order valence-corrected chi connectivity index (χ0v) is 10.4. The van der Waals surface area contributed by atoms with Crippen molar-refractivity contribution >= 4 is 11.6 Å². The molecule has 0 saturated carbocycles. The number of hydrogen-bond acceptors (Lipinski definition) is 4. The number of aromatic amines is 2. The average molecular weight is 260 g/mol. The van der Waals surface area contributed by atoms with Crippen molar-refractivity contribution < 1.29 is 4.79 Å². The Balaban J connectivity index is 2.31. The van der Waals surface area contributed by atoms with Crippen molar-refractivity contribution in [2.24, 2.45) is 0 Å².